The first-order valence-corrected chi connectivity index (χ1v) is 15.8. The van der Waals surface area contributed by atoms with Crippen LogP contribution in [0.4, 0.5) is 11.4 Å². The molecule has 4 atom stereocenters. The predicted molar refractivity (Wildman–Crippen MR) is 175 cm³/mol. The van der Waals surface area contributed by atoms with E-state index in [1.165, 1.54) is 30.3 Å². The number of aromatic nitrogens is 1. The number of carbonyl (C=O) groups excluding carboxylic acids is 2. The van der Waals surface area contributed by atoms with Gasteiger partial charge in [-0.25, -0.2) is 4.90 Å². The van der Waals surface area contributed by atoms with Gasteiger partial charge in [0.1, 0.15) is 5.75 Å². The number of halogens is 1. The predicted octanol–water partition coefficient (Wildman–Crippen LogP) is 6.47. The van der Waals surface area contributed by atoms with Crippen molar-refractivity contribution in [2.45, 2.75) is 51.5 Å². The van der Waals surface area contributed by atoms with Crippen LogP contribution in [0.1, 0.15) is 50.3 Å². The van der Waals surface area contributed by atoms with Gasteiger partial charge in [0.2, 0.25) is 11.8 Å². The quantitative estimate of drug-likeness (QED) is 0.0890. The smallest absolute Gasteiger partial charge is 0.455 e. The van der Waals surface area contributed by atoms with Gasteiger partial charge in [-0.3, -0.25) is 24.7 Å². The van der Waals surface area contributed by atoms with Crippen LogP contribution in [0.2, 0.25) is 11.3 Å². The van der Waals surface area contributed by atoms with Crippen LogP contribution in [-0.4, -0.2) is 45.1 Å². The Balaban J connectivity index is 1.33. The van der Waals surface area contributed by atoms with Crippen LogP contribution in [0.3, 0.4) is 0 Å². The maximum absolute atomic E-state index is 14.0. The minimum absolute atomic E-state index is 0.0622. The highest BCUT2D eigenvalue weighted by molar-refractivity contribution is 6.43. The first-order chi connectivity index (χ1) is 22.2. The van der Waals surface area contributed by atoms with Gasteiger partial charge in [-0.15, -0.1) is 0 Å². The Labute approximate surface area is 271 Å². The summed E-state index contributed by atoms with van der Waals surface area (Å²) in [5.41, 5.74) is 4.35. The van der Waals surface area contributed by atoms with E-state index in [1.54, 1.807) is 18.3 Å². The number of benzene rings is 2. The summed E-state index contributed by atoms with van der Waals surface area (Å²) in [6, 6.07) is 16.0. The maximum atomic E-state index is 14.0. The number of nitro groups is 1. The van der Waals surface area contributed by atoms with E-state index in [1.807, 2.05) is 24.3 Å². The molecular weight excluding hydrogens is 609 g/mol. The number of phenolic OH excluding ortho intramolecular Hbond substituents is 1. The molecule has 2 saturated heterocycles. The summed E-state index contributed by atoms with van der Waals surface area (Å²) in [5.74, 6) is -2.45. The zero-order valence-electron chi connectivity index (χ0n) is 25.2. The molecule has 0 saturated carbocycles. The molecule has 3 aromatic rings. The molecular formula is C34H33BClN3O7. The number of non-ortho nitro benzene ring substituents is 1. The standard InChI is InChI=1S/C34H33BClN3O7/c1-2-6-22-16-26-32(34(42)38(33(26)41)23-7-5-8-24(17-23)39(44)45)27-19-35(43)46-30(31(22)27)13-11-21(29-9-3-4-14-37-29)15-20-10-12-25(40)18-28(20)36/h3-5,7-10,12,14-15,17-18,26-27,30,32,40,43H,2,6,11,13,16,19H2,1H3/b21-15-/t26-,27+,30-,32-/m1/s1. The molecule has 6 rings (SSSR count). The summed E-state index contributed by atoms with van der Waals surface area (Å²) in [6.07, 6.45) is 6.21. The fourth-order valence-electron chi connectivity index (χ4n) is 7.24. The Bertz CT molecular complexity index is 1750. The van der Waals surface area contributed by atoms with Crippen molar-refractivity contribution >= 4 is 53.6 Å². The maximum Gasteiger partial charge on any atom is 0.455 e. The highest BCUT2D eigenvalue weighted by atomic mass is 35.5. The molecule has 12 heteroatoms. The van der Waals surface area contributed by atoms with Gasteiger partial charge in [0.15, 0.2) is 0 Å². The number of nitro benzene ring substituents is 1. The Hall–Kier alpha value is -4.32. The minimum Gasteiger partial charge on any atom is -0.508 e. The van der Waals surface area contributed by atoms with Crippen LogP contribution in [0, 0.1) is 27.9 Å². The van der Waals surface area contributed by atoms with E-state index < -0.39 is 41.8 Å². The molecule has 2 N–H and O–H groups in total. The fourth-order valence-corrected chi connectivity index (χ4v) is 7.47. The first-order valence-electron chi connectivity index (χ1n) is 15.4. The molecule has 2 fully saturated rings. The lowest BCUT2D eigenvalue weighted by Crippen LogP contribution is -2.46. The minimum atomic E-state index is -1.14. The van der Waals surface area contributed by atoms with E-state index in [9.17, 15) is 29.8 Å². The van der Waals surface area contributed by atoms with Crippen LogP contribution < -0.4 is 4.90 Å². The Kier molecular flexibility index (Phi) is 9.08. The van der Waals surface area contributed by atoms with Crippen molar-refractivity contribution in [2.75, 3.05) is 4.90 Å². The molecule has 10 nitrogen and oxygen atoms in total. The lowest BCUT2D eigenvalue weighted by atomic mass is 9.58. The first kappa shape index (κ1) is 31.7. The van der Waals surface area contributed by atoms with Crippen LogP contribution in [0.25, 0.3) is 11.6 Å². The molecule has 3 aliphatic rings. The van der Waals surface area contributed by atoms with Crippen LogP contribution in [0.15, 0.2) is 78.0 Å². The van der Waals surface area contributed by atoms with E-state index in [-0.39, 0.29) is 29.4 Å². The number of aromatic hydroxyl groups is 1. The highest BCUT2D eigenvalue weighted by Crippen LogP contribution is 2.52. The van der Waals surface area contributed by atoms with Gasteiger partial charge < -0.3 is 14.8 Å². The summed E-state index contributed by atoms with van der Waals surface area (Å²) in [4.78, 5) is 44.3. The molecule has 2 aliphatic heterocycles. The number of allylic oxidation sites excluding steroid dienone is 2. The van der Waals surface area contributed by atoms with Crippen molar-refractivity contribution in [3.63, 3.8) is 0 Å². The molecule has 0 unspecified atom stereocenters. The second-order valence-corrected chi connectivity index (χ2v) is 12.4. The number of hydrogen-bond acceptors (Lipinski definition) is 8. The normalized spacial score (nSPS) is 23.1. The van der Waals surface area contributed by atoms with Gasteiger partial charge in [-0.1, -0.05) is 42.7 Å². The molecule has 2 aromatic carbocycles. The SMILES string of the molecule is CCCC1=C2[C@@H](CC/C(=C/c3ccc(O)cc3Cl)c3ccccn3)OB(O)C[C@@H]2[C@@H]2C(=O)N(c3cccc([N+](=O)[O-])c3)C(=O)[C@@H]2C1. The molecule has 236 valence electrons. The number of pyridine rings is 1. The Morgan fingerprint density at radius 1 is 1.15 bits per heavy atom. The van der Waals surface area contributed by atoms with Crippen molar-refractivity contribution in [2.24, 2.45) is 17.8 Å². The Morgan fingerprint density at radius 2 is 1.98 bits per heavy atom. The molecule has 0 bridgehead atoms. The molecule has 46 heavy (non-hydrogen) atoms. The molecule has 0 radical (unpaired) electrons. The number of imide groups is 1. The zero-order valence-corrected chi connectivity index (χ0v) is 26.0. The zero-order chi connectivity index (χ0) is 32.5. The third-order valence-corrected chi connectivity index (χ3v) is 9.47. The second-order valence-electron chi connectivity index (χ2n) is 12.0. The van der Waals surface area contributed by atoms with Gasteiger partial charge in [0.25, 0.3) is 5.69 Å². The van der Waals surface area contributed by atoms with Crippen LogP contribution >= 0.6 is 11.6 Å². The number of phenols is 1. The molecule has 3 heterocycles. The van der Waals surface area contributed by atoms with Crippen molar-refractivity contribution < 1.29 is 29.3 Å². The van der Waals surface area contributed by atoms with E-state index in [0.29, 0.717) is 29.8 Å². The van der Waals surface area contributed by atoms with Crippen LogP contribution in [0.5, 0.6) is 5.75 Å². The third-order valence-electron chi connectivity index (χ3n) is 9.14. The summed E-state index contributed by atoms with van der Waals surface area (Å²) in [7, 11) is -1.14. The topological polar surface area (TPSA) is 143 Å². The van der Waals surface area contributed by atoms with E-state index >= 15 is 0 Å². The number of amides is 2. The number of anilines is 1. The summed E-state index contributed by atoms with van der Waals surface area (Å²) in [5, 5.41) is 32.6. The second kappa shape index (κ2) is 13.2. The molecule has 1 aliphatic carbocycles. The fraction of sp³-hybridized carbons (Fsp3) is 0.324. The number of rotatable bonds is 9. The average molecular weight is 642 g/mol. The van der Waals surface area contributed by atoms with Gasteiger partial charge in [0, 0.05) is 18.3 Å². The number of carbonyl (C=O) groups is 2. The molecule has 0 spiro atoms. The monoisotopic (exact) mass is 641 g/mol. The summed E-state index contributed by atoms with van der Waals surface area (Å²) in [6.45, 7) is 2.06. The van der Waals surface area contributed by atoms with Crippen molar-refractivity contribution in [1.82, 2.24) is 4.98 Å². The van der Waals surface area contributed by atoms with Crippen molar-refractivity contribution in [3.8, 4) is 5.75 Å². The van der Waals surface area contributed by atoms with Crippen molar-refractivity contribution in [1.29, 1.82) is 0 Å². The molecule has 2 amide bonds. The average Bonchev–Trinajstić information content (AvgIpc) is 3.29. The van der Waals surface area contributed by atoms with Crippen LogP contribution in [-0.2, 0) is 14.2 Å². The van der Waals surface area contributed by atoms with Gasteiger partial charge in [0.05, 0.1) is 39.3 Å². The highest BCUT2D eigenvalue weighted by Gasteiger charge is 2.57. The van der Waals surface area contributed by atoms with Gasteiger partial charge in [-0.05, 0) is 97.1 Å². The van der Waals surface area contributed by atoms with E-state index in [0.717, 1.165) is 40.2 Å². The molecule has 1 aromatic heterocycles. The summed E-state index contributed by atoms with van der Waals surface area (Å²) < 4.78 is 6.18. The third kappa shape index (κ3) is 6.10. The number of fused-ring (bicyclic) bond motifs is 3. The Morgan fingerprint density at radius 3 is 2.70 bits per heavy atom. The van der Waals surface area contributed by atoms with Gasteiger partial charge in [-0.2, -0.15) is 0 Å². The largest absolute Gasteiger partial charge is 0.508 e. The van der Waals surface area contributed by atoms with E-state index in [2.05, 4.69) is 11.9 Å². The van der Waals surface area contributed by atoms with Gasteiger partial charge >= 0.3 is 7.12 Å². The lowest BCUT2D eigenvalue weighted by Gasteiger charge is -2.43. The summed E-state index contributed by atoms with van der Waals surface area (Å²) >= 11 is 6.44. The lowest BCUT2D eigenvalue weighted by molar-refractivity contribution is -0.384. The number of hydrogen-bond donors (Lipinski definition) is 2. The number of nitrogens with zero attached hydrogens (tertiary/aromatic N) is 3. The van der Waals surface area contributed by atoms with E-state index in [4.69, 9.17) is 16.3 Å². The van der Waals surface area contributed by atoms with Crippen molar-refractivity contribution in [3.05, 3.63) is 104 Å².